The molecular weight excluding hydrogens is 380 g/mol. The fourth-order valence-corrected chi connectivity index (χ4v) is 3.37. The fourth-order valence-electron chi connectivity index (χ4n) is 2.88. The number of hydrogen-bond acceptors (Lipinski definition) is 2. The molecule has 1 rings (SSSR count). The summed E-state index contributed by atoms with van der Waals surface area (Å²) in [7, 11) is 0. The molecule has 0 unspecified atom stereocenters. The Morgan fingerprint density at radius 3 is 1.92 bits per heavy atom. The highest BCUT2D eigenvalue weighted by molar-refractivity contribution is 9.10. The first-order valence-corrected chi connectivity index (χ1v) is 10.6. The van der Waals surface area contributed by atoms with Crippen LogP contribution in [0, 0.1) is 0 Å². The van der Waals surface area contributed by atoms with Gasteiger partial charge < -0.3 is 9.84 Å². The molecule has 0 spiro atoms. The second-order valence-corrected chi connectivity index (χ2v) is 7.54. The second-order valence-electron chi connectivity index (χ2n) is 6.69. The van der Waals surface area contributed by atoms with Gasteiger partial charge in [0.2, 0.25) is 0 Å². The molecule has 0 fully saturated rings. The smallest absolute Gasteiger partial charge is 0.335 e. The van der Waals surface area contributed by atoms with E-state index in [1.807, 2.05) is 0 Å². The number of rotatable bonds is 15. The van der Waals surface area contributed by atoms with Crippen LogP contribution in [0.4, 0.5) is 0 Å². The minimum absolute atomic E-state index is 0.268. The average Bonchev–Trinajstić information content (AvgIpc) is 2.60. The number of halogens is 1. The van der Waals surface area contributed by atoms with Crippen LogP contribution in [0.5, 0.6) is 5.75 Å². The molecule has 1 N–H and O–H groups in total. The Bertz CT molecular complexity index is 488. The molecule has 1 aromatic rings. The van der Waals surface area contributed by atoms with E-state index in [9.17, 15) is 4.79 Å². The molecule has 0 atom stereocenters. The number of aromatic carboxylic acids is 1. The monoisotopic (exact) mass is 412 g/mol. The summed E-state index contributed by atoms with van der Waals surface area (Å²) >= 11 is 3.36. The Kier molecular flexibility index (Phi) is 12.5. The quantitative estimate of drug-likeness (QED) is 0.309. The van der Waals surface area contributed by atoms with Crippen LogP contribution in [0.15, 0.2) is 22.7 Å². The molecule has 0 aromatic heterocycles. The predicted molar refractivity (Wildman–Crippen MR) is 108 cm³/mol. The summed E-state index contributed by atoms with van der Waals surface area (Å²) in [5.74, 6) is -0.207. The molecule has 0 amide bonds. The van der Waals surface area contributed by atoms with Crippen LogP contribution in [0.25, 0.3) is 0 Å². The zero-order chi connectivity index (χ0) is 18.3. The first-order valence-electron chi connectivity index (χ1n) is 9.80. The van der Waals surface area contributed by atoms with E-state index in [0.29, 0.717) is 16.8 Å². The van der Waals surface area contributed by atoms with Crippen molar-refractivity contribution < 1.29 is 14.6 Å². The zero-order valence-corrected chi connectivity index (χ0v) is 17.2. The molecular formula is C21H33BrO3. The van der Waals surface area contributed by atoms with Crippen LogP contribution in [0.2, 0.25) is 0 Å². The first-order chi connectivity index (χ1) is 12.1. The summed E-state index contributed by atoms with van der Waals surface area (Å²) in [5.41, 5.74) is 0.268. The summed E-state index contributed by atoms with van der Waals surface area (Å²) in [5, 5.41) is 8.94. The highest BCUT2D eigenvalue weighted by Crippen LogP contribution is 2.26. The van der Waals surface area contributed by atoms with Crippen molar-refractivity contribution in [2.75, 3.05) is 6.61 Å². The number of unbranched alkanes of at least 4 members (excludes halogenated alkanes) is 11. The Morgan fingerprint density at radius 1 is 0.920 bits per heavy atom. The van der Waals surface area contributed by atoms with Crippen LogP contribution in [-0.2, 0) is 0 Å². The van der Waals surface area contributed by atoms with Gasteiger partial charge in [-0.15, -0.1) is 0 Å². The van der Waals surface area contributed by atoms with E-state index >= 15 is 0 Å². The highest BCUT2D eigenvalue weighted by Gasteiger charge is 2.07. The van der Waals surface area contributed by atoms with Gasteiger partial charge in [-0.05, 0) is 40.5 Å². The molecule has 0 bridgehead atoms. The standard InChI is InChI=1S/C21H33BrO3/c1-2-3-4-5-6-7-8-9-10-11-12-13-16-25-20-15-14-18(21(23)24)17-19(20)22/h14-15,17H,2-13,16H2,1H3,(H,23,24). The maximum atomic E-state index is 10.9. The fraction of sp³-hybridized carbons (Fsp3) is 0.667. The van der Waals surface area contributed by atoms with Gasteiger partial charge >= 0.3 is 5.97 Å². The minimum Gasteiger partial charge on any atom is -0.492 e. The van der Waals surface area contributed by atoms with E-state index in [0.717, 1.165) is 6.42 Å². The lowest BCUT2D eigenvalue weighted by Gasteiger charge is -2.09. The normalized spacial score (nSPS) is 10.8. The van der Waals surface area contributed by atoms with E-state index in [1.54, 1.807) is 18.2 Å². The topological polar surface area (TPSA) is 46.5 Å². The van der Waals surface area contributed by atoms with Crippen LogP contribution >= 0.6 is 15.9 Å². The number of carbonyl (C=O) groups is 1. The third-order valence-electron chi connectivity index (χ3n) is 4.43. The van der Waals surface area contributed by atoms with Crippen molar-refractivity contribution in [3.05, 3.63) is 28.2 Å². The summed E-state index contributed by atoms with van der Waals surface area (Å²) in [6.45, 7) is 2.95. The van der Waals surface area contributed by atoms with E-state index < -0.39 is 5.97 Å². The van der Waals surface area contributed by atoms with Gasteiger partial charge in [-0.25, -0.2) is 4.79 Å². The molecule has 0 aliphatic rings. The largest absolute Gasteiger partial charge is 0.492 e. The van der Waals surface area contributed by atoms with Gasteiger partial charge in [-0.2, -0.15) is 0 Å². The first kappa shape index (κ1) is 22.0. The van der Waals surface area contributed by atoms with Gasteiger partial charge in [0.05, 0.1) is 16.6 Å². The number of carboxylic acid groups (broad SMARTS) is 1. The molecule has 25 heavy (non-hydrogen) atoms. The Labute approximate surface area is 161 Å². The Hall–Kier alpha value is -1.03. The zero-order valence-electron chi connectivity index (χ0n) is 15.6. The molecule has 0 saturated heterocycles. The molecule has 142 valence electrons. The van der Waals surface area contributed by atoms with Crippen molar-refractivity contribution in [2.24, 2.45) is 0 Å². The third-order valence-corrected chi connectivity index (χ3v) is 5.05. The molecule has 0 radical (unpaired) electrons. The summed E-state index contributed by atoms with van der Waals surface area (Å²) in [4.78, 5) is 10.9. The van der Waals surface area contributed by atoms with Crippen molar-refractivity contribution in [3.63, 3.8) is 0 Å². The molecule has 0 aliphatic heterocycles. The third kappa shape index (κ3) is 10.5. The summed E-state index contributed by atoms with van der Waals surface area (Å²) in [6.07, 6.45) is 15.9. The van der Waals surface area contributed by atoms with E-state index in [-0.39, 0.29) is 5.56 Å². The van der Waals surface area contributed by atoms with Crippen LogP contribution in [-0.4, -0.2) is 17.7 Å². The maximum absolute atomic E-state index is 10.9. The molecule has 3 nitrogen and oxygen atoms in total. The van der Waals surface area contributed by atoms with Crippen molar-refractivity contribution in [2.45, 2.75) is 84.0 Å². The van der Waals surface area contributed by atoms with E-state index in [4.69, 9.17) is 9.84 Å². The van der Waals surface area contributed by atoms with Gasteiger partial charge in [0.15, 0.2) is 0 Å². The van der Waals surface area contributed by atoms with E-state index in [1.165, 1.54) is 70.6 Å². The Morgan fingerprint density at radius 2 is 1.44 bits per heavy atom. The maximum Gasteiger partial charge on any atom is 0.335 e. The number of ether oxygens (including phenoxy) is 1. The van der Waals surface area contributed by atoms with Crippen LogP contribution < -0.4 is 4.74 Å². The lowest BCUT2D eigenvalue weighted by molar-refractivity contribution is 0.0696. The molecule has 4 heteroatoms. The predicted octanol–water partition coefficient (Wildman–Crippen LogP) is 7.23. The summed E-state index contributed by atoms with van der Waals surface area (Å²) in [6, 6.07) is 4.87. The van der Waals surface area contributed by atoms with Gasteiger partial charge in [0, 0.05) is 0 Å². The van der Waals surface area contributed by atoms with Gasteiger partial charge in [0.1, 0.15) is 5.75 Å². The van der Waals surface area contributed by atoms with Gasteiger partial charge in [-0.1, -0.05) is 77.6 Å². The van der Waals surface area contributed by atoms with Crippen molar-refractivity contribution >= 4 is 21.9 Å². The summed E-state index contributed by atoms with van der Waals surface area (Å²) < 4.78 is 6.42. The van der Waals surface area contributed by atoms with Crippen molar-refractivity contribution in [1.82, 2.24) is 0 Å². The minimum atomic E-state index is -0.923. The SMILES string of the molecule is CCCCCCCCCCCCCCOc1ccc(C(=O)O)cc1Br. The van der Waals surface area contributed by atoms with E-state index in [2.05, 4.69) is 22.9 Å². The highest BCUT2D eigenvalue weighted by atomic mass is 79.9. The number of hydrogen-bond donors (Lipinski definition) is 1. The number of carboxylic acids is 1. The van der Waals surface area contributed by atoms with Crippen LogP contribution in [0.1, 0.15) is 94.3 Å². The lowest BCUT2D eigenvalue weighted by Crippen LogP contribution is -2.00. The molecule has 0 saturated carbocycles. The van der Waals surface area contributed by atoms with Crippen molar-refractivity contribution in [1.29, 1.82) is 0 Å². The number of benzene rings is 1. The second kappa shape index (κ2) is 14.2. The van der Waals surface area contributed by atoms with Gasteiger partial charge in [-0.3, -0.25) is 0 Å². The molecule has 0 aliphatic carbocycles. The molecule has 0 heterocycles. The average molecular weight is 413 g/mol. The van der Waals surface area contributed by atoms with Crippen LogP contribution in [0.3, 0.4) is 0 Å². The van der Waals surface area contributed by atoms with Gasteiger partial charge in [0.25, 0.3) is 0 Å². The molecule has 1 aromatic carbocycles. The lowest BCUT2D eigenvalue weighted by atomic mass is 10.1. The Balaban J connectivity index is 1.96. The van der Waals surface area contributed by atoms with Crippen molar-refractivity contribution in [3.8, 4) is 5.75 Å².